The molecule has 0 unspecified atom stereocenters. The highest BCUT2D eigenvalue weighted by Crippen LogP contribution is 2.22. The minimum atomic E-state index is -0.716. The molecule has 106 valence electrons. The number of nitrogens with one attached hydrogen (secondary N) is 1. The van der Waals surface area contributed by atoms with Crippen LogP contribution in [0.1, 0.15) is 17.3 Å². The normalized spacial score (nSPS) is 10.3. The summed E-state index contributed by atoms with van der Waals surface area (Å²) >= 11 is 0. The van der Waals surface area contributed by atoms with Gasteiger partial charge in [-0.05, 0) is 6.92 Å². The molecule has 0 fully saturated rings. The molecule has 0 radical (unpaired) electrons. The van der Waals surface area contributed by atoms with Gasteiger partial charge in [0.15, 0.2) is 11.2 Å². The lowest BCUT2D eigenvalue weighted by Gasteiger charge is -2.07. The van der Waals surface area contributed by atoms with E-state index in [1.54, 1.807) is 6.92 Å². The number of aromatic nitrogens is 3. The average Bonchev–Trinajstić information content (AvgIpc) is 2.46. The third-order valence-electron chi connectivity index (χ3n) is 2.53. The molecule has 2 aromatic rings. The smallest absolute Gasteiger partial charge is 0.343 e. The van der Waals surface area contributed by atoms with Gasteiger partial charge in [0.25, 0.3) is 11.8 Å². The summed E-state index contributed by atoms with van der Waals surface area (Å²) in [6.07, 6.45) is 1.24. The van der Waals surface area contributed by atoms with Gasteiger partial charge in [0, 0.05) is 6.20 Å². The summed E-state index contributed by atoms with van der Waals surface area (Å²) in [7, 11) is 2.78. The lowest BCUT2D eigenvalue weighted by Crippen LogP contribution is -2.19. The highest BCUT2D eigenvalue weighted by molar-refractivity contribution is 5.92. The monoisotopic (exact) mass is 279 g/mol. The first kappa shape index (κ1) is 13.8. The Bertz CT molecular complexity index is 710. The standard InChI is InChI=1S/C12H13N3O5/c1-4-20-12(17)6-5-13-9-7(8(6)16)14-10(18-2)11(15-9)19-3/h5H,4H2,1-3H3,(H,13,15,16). The van der Waals surface area contributed by atoms with Gasteiger partial charge in [-0.2, -0.15) is 4.98 Å². The molecule has 20 heavy (non-hydrogen) atoms. The molecule has 8 nitrogen and oxygen atoms in total. The lowest BCUT2D eigenvalue weighted by molar-refractivity contribution is 0.0524. The molecule has 0 spiro atoms. The summed E-state index contributed by atoms with van der Waals surface area (Å²) < 4.78 is 14.8. The maximum atomic E-state index is 12.2. The van der Waals surface area contributed by atoms with Crippen molar-refractivity contribution in [2.75, 3.05) is 20.8 Å². The maximum Gasteiger partial charge on any atom is 0.343 e. The minimum absolute atomic E-state index is 0.0202. The number of hydrogen-bond acceptors (Lipinski definition) is 7. The number of pyridine rings is 1. The Kier molecular flexibility index (Phi) is 3.83. The Morgan fingerprint density at radius 3 is 2.50 bits per heavy atom. The number of fused-ring (bicyclic) bond motifs is 1. The van der Waals surface area contributed by atoms with Crippen molar-refractivity contribution < 1.29 is 19.0 Å². The van der Waals surface area contributed by atoms with E-state index in [0.29, 0.717) is 0 Å². The van der Waals surface area contributed by atoms with Crippen molar-refractivity contribution in [2.45, 2.75) is 6.92 Å². The summed E-state index contributed by atoms with van der Waals surface area (Å²) in [6.45, 7) is 1.83. The van der Waals surface area contributed by atoms with E-state index in [4.69, 9.17) is 14.2 Å². The number of hydrogen-bond donors (Lipinski definition) is 1. The number of methoxy groups -OCH3 is 2. The highest BCUT2D eigenvalue weighted by Gasteiger charge is 2.18. The van der Waals surface area contributed by atoms with E-state index >= 15 is 0 Å². The molecule has 0 saturated heterocycles. The molecule has 0 aliphatic heterocycles. The summed E-state index contributed by atoms with van der Waals surface area (Å²) in [5.41, 5.74) is -0.541. The molecule has 2 aromatic heterocycles. The predicted molar refractivity (Wildman–Crippen MR) is 69.2 cm³/mol. The topological polar surface area (TPSA) is 103 Å². The van der Waals surface area contributed by atoms with E-state index in [1.165, 1.54) is 20.4 Å². The van der Waals surface area contributed by atoms with Crippen LogP contribution in [0.15, 0.2) is 11.0 Å². The van der Waals surface area contributed by atoms with Crippen molar-refractivity contribution in [3.63, 3.8) is 0 Å². The van der Waals surface area contributed by atoms with Gasteiger partial charge >= 0.3 is 5.97 Å². The van der Waals surface area contributed by atoms with Gasteiger partial charge in [-0.25, -0.2) is 9.78 Å². The van der Waals surface area contributed by atoms with Crippen LogP contribution in [0.2, 0.25) is 0 Å². The van der Waals surface area contributed by atoms with Gasteiger partial charge in [0.1, 0.15) is 5.56 Å². The molecular formula is C12H13N3O5. The predicted octanol–water partition coefficient (Wildman–Crippen LogP) is 0.512. The fourth-order valence-corrected chi connectivity index (χ4v) is 1.62. The van der Waals surface area contributed by atoms with E-state index in [2.05, 4.69) is 15.0 Å². The van der Waals surface area contributed by atoms with Gasteiger partial charge in [0.2, 0.25) is 5.43 Å². The molecule has 0 aliphatic rings. The van der Waals surface area contributed by atoms with Crippen molar-refractivity contribution in [1.82, 2.24) is 15.0 Å². The van der Waals surface area contributed by atoms with Crippen molar-refractivity contribution in [2.24, 2.45) is 0 Å². The quantitative estimate of drug-likeness (QED) is 0.813. The molecule has 0 amide bonds. The Labute approximate surface area is 113 Å². The van der Waals surface area contributed by atoms with Gasteiger partial charge < -0.3 is 19.2 Å². The van der Waals surface area contributed by atoms with E-state index in [-0.39, 0.29) is 35.1 Å². The average molecular weight is 279 g/mol. The lowest BCUT2D eigenvalue weighted by atomic mass is 10.2. The Balaban J connectivity index is 2.66. The van der Waals surface area contributed by atoms with Gasteiger partial charge in [-0.1, -0.05) is 0 Å². The van der Waals surface area contributed by atoms with Crippen LogP contribution in [0.3, 0.4) is 0 Å². The molecule has 0 aromatic carbocycles. The first-order chi connectivity index (χ1) is 9.62. The molecule has 0 aliphatic carbocycles. The second-order valence-corrected chi connectivity index (χ2v) is 3.69. The number of nitrogens with zero attached hydrogens (tertiary/aromatic N) is 2. The van der Waals surface area contributed by atoms with Gasteiger partial charge in [-0.3, -0.25) is 4.79 Å². The zero-order valence-corrected chi connectivity index (χ0v) is 11.2. The third-order valence-corrected chi connectivity index (χ3v) is 2.53. The van der Waals surface area contributed by atoms with Gasteiger partial charge in [-0.15, -0.1) is 0 Å². The third kappa shape index (κ3) is 2.27. The number of rotatable bonds is 4. The molecular weight excluding hydrogens is 266 g/mol. The number of aromatic amines is 1. The zero-order chi connectivity index (χ0) is 14.7. The van der Waals surface area contributed by atoms with Crippen LogP contribution in [-0.2, 0) is 4.74 Å². The molecule has 0 bridgehead atoms. The molecule has 0 saturated carbocycles. The van der Waals surface area contributed by atoms with Crippen molar-refractivity contribution in [1.29, 1.82) is 0 Å². The maximum absolute atomic E-state index is 12.2. The summed E-state index contributed by atoms with van der Waals surface area (Å²) in [5, 5.41) is 0. The first-order valence-corrected chi connectivity index (χ1v) is 5.80. The summed E-state index contributed by atoms with van der Waals surface area (Å²) in [4.78, 5) is 34.6. The van der Waals surface area contributed by atoms with Crippen molar-refractivity contribution in [3.05, 3.63) is 22.0 Å². The SMILES string of the molecule is CCOC(=O)c1c[nH]c2nc(OC)c(OC)nc2c1=O. The van der Waals surface area contributed by atoms with Crippen LogP contribution >= 0.6 is 0 Å². The highest BCUT2D eigenvalue weighted by atomic mass is 16.5. The summed E-state index contributed by atoms with van der Waals surface area (Å²) in [5.74, 6) is -0.515. The zero-order valence-electron chi connectivity index (χ0n) is 11.2. The van der Waals surface area contributed by atoms with Crippen molar-refractivity contribution >= 4 is 17.1 Å². The minimum Gasteiger partial charge on any atom is -0.477 e. The van der Waals surface area contributed by atoms with Crippen molar-refractivity contribution in [3.8, 4) is 11.8 Å². The molecule has 2 heterocycles. The fourth-order valence-electron chi connectivity index (χ4n) is 1.62. The van der Waals surface area contributed by atoms with Crippen LogP contribution in [0.25, 0.3) is 11.2 Å². The van der Waals surface area contributed by atoms with Crippen LogP contribution in [-0.4, -0.2) is 41.7 Å². The Morgan fingerprint density at radius 2 is 1.90 bits per heavy atom. The number of carbonyl (C=O) groups is 1. The Morgan fingerprint density at radius 1 is 1.25 bits per heavy atom. The molecule has 8 heteroatoms. The number of H-pyrrole nitrogens is 1. The number of ether oxygens (including phenoxy) is 3. The van der Waals surface area contributed by atoms with Crippen LogP contribution in [0, 0.1) is 0 Å². The second-order valence-electron chi connectivity index (χ2n) is 3.69. The van der Waals surface area contributed by atoms with E-state index < -0.39 is 11.4 Å². The second kappa shape index (κ2) is 5.55. The van der Waals surface area contributed by atoms with E-state index in [9.17, 15) is 9.59 Å². The Hall–Kier alpha value is -2.64. The summed E-state index contributed by atoms with van der Waals surface area (Å²) in [6, 6.07) is 0. The molecule has 2 rings (SSSR count). The van der Waals surface area contributed by atoms with Crippen LogP contribution in [0.5, 0.6) is 11.8 Å². The largest absolute Gasteiger partial charge is 0.477 e. The van der Waals surface area contributed by atoms with Crippen LogP contribution in [0.4, 0.5) is 0 Å². The van der Waals surface area contributed by atoms with Gasteiger partial charge in [0.05, 0.1) is 20.8 Å². The first-order valence-electron chi connectivity index (χ1n) is 5.80. The van der Waals surface area contributed by atoms with E-state index in [0.717, 1.165) is 0 Å². The number of esters is 1. The fraction of sp³-hybridized carbons (Fsp3) is 0.333. The number of carbonyl (C=O) groups excluding carboxylic acids is 1. The van der Waals surface area contributed by atoms with E-state index in [1.807, 2.05) is 0 Å². The molecule has 0 atom stereocenters. The molecule has 1 N–H and O–H groups in total. The van der Waals surface area contributed by atoms with Crippen LogP contribution < -0.4 is 14.9 Å².